The second-order valence-electron chi connectivity index (χ2n) is 4.97. The summed E-state index contributed by atoms with van der Waals surface area (Å²) in [5.74, 6) is -0.433. The maximum atomic E-state index is 11.8. The van der Waals surface area contributed by atoms with Crippen LogP contribution >= 0.6 is 15.9 Å². The van der Waals surface area contributed by atoms with Gasteiger partial charge in [-0.05, 0) is 40.5 Å². The topological polar surface area (TPSA) is 58.2 Å². The quantitative estimate of drug-likeness (QED) is 0.860. The number of halogens is 1. The van der Waals surface area contributed by atoms with Crippen LogP contribution in [0.1, 0.15) is 11.1 Å². The summed E-state index contributed by atoms with van der Waals surface area (Å²) in [6, 6.07) is 15.1. The van der Waals surface area contributed by atoms with Crippen molar-refractivity contribution in [1.82, 2.24) is 5.32 Å². The van der Waals surface area contributed by atoms with Gasteiger partial charge in [-0.1, -0.05) is 42.0 Å². The van der Waals surface area contributed by atoms with Gasteiger partial charge in [0, 0.05) is 4.47 Å². The predicted molar refractivity (Wildman–Crippen MR) is 90.7 cm³/mol. The fourth-order valence-corrected chi connectivity index (χ4v) is 2.39. The number of para-hydroxylation sites is 1. The fraction of sp³-hybridized carbons (Fsp3) is 0.176. The molecule has 0 fully saturated rings. The normalized spacial score (nSPS) is 10.1. The van der Waals surface area contributed by atoms with E-state index in [-0.39, 0.29) is 24.8 Å². The molecule has 0 saturated heterocycles. The fourth-order valence-electron chi connectivity index (χ4n) is 2.01. The van der Waals surface area contributed by atoms with Crippen LogP contribution in [-0.2, 0) is 16.0 Å². The number of amides is 2. The summed E-state index contributed by atoms with van der Waals surface area (Å²) in [6.45, 7) is 1.93. The van der Waals surface area contributed by atoms with E-state index >= 15 is 0 Å². The van der Waals surface area contributed by atoms with Crippen LogP contribution in [-0.4, -0.2) is 18.4 Å². The first-order chi connectivity index (χ1) is 10.5. The molecule has 0 unspecified atom stereocenters. The minimum absolute atomic E-state index is 0.0496. The lowest BCUT2D eigenvalue weighted by molar-refractivity contribution is -0.123. The molecule has 2 N–H and O–H groups in total. The van der Waals surface area contributed by atoms with Gasteiger partial charge < -0.3 is 10.6 Å². The first-order valence-electron chi connectivity index (χ1n) is 6.91. The smallest absolute Gasteiger partial charge is 0.243 e. The van der Waals surface area contributed by atoms with Crippen molar-refractivity contribution in [2.24, 2.45) is 0 Å². The number of hydrogen-bond donors (Lipinski definition) is 2. The van der Waals surface area contributed by atoms with E-state index < -0.39 is 0 Å². The Kier molecular flexibility index (Phi) is 5.72. The van der Waals surface area contributed by atoms with Crippen LogP contribution in [0.4, 0.5) is 5.69 Å². The van der Waals surface area contributed by atoms with Gasteiger partial charge in [0.25, 0.3) is 0 Å². The molecule has 114 valence electrons. The summed E-state index contributed by atoms with van der Waals surface area (Å²) >= 11 is 3.35. The molecule has 0 aliphatic rings. The monoisotopic (exact) mass is 360 g/mol. The van der Waals surface area contributed by atoms with Crippen molar-refractivity contribution in [3.63, 3.8) is 0 Å². The minimum Gasteiger partial charge on any atom is -0.347 e. The summed E-state index contributed by atoms with van der Waals surface area (Å²) in [4.78, 5) is 23.7. The Labute approximate surface area is 138 Å². The van der Waals surface area contributed by atoms with E-state index in [9.17, 15) is 9.59 Å². The summed E-state index contributed by atoms with van der Waals surface area (Å²) in [5.41, 5.74) is 2.72. The number of nitrogens with one attached hydrogen (secondary N) is 2. The van der Waals surface area contributed by atoms with E-state index in [1.165, 1.54) is 0 Å². The highest BCUT2D eigenvalue weighted by atomic mass is 79.9. The van der Waals surface area contributed by atoms with Crippen LogP contribution in [0.15, 0.2) is 53.0 Å². The SMILES string of the molecule is Cc1cccc(CC(=O)NCC(=O)Nc2ccccc2Br)c1. The average Bonchev–Trinajstić information content (AvgIpc) is 2.48. The molecule has 2 aromatic rings. The molecule has 2 rings (SSSR count). The Balaban J connectivity index is 1.81. The standard InChI is InChI=1S/C17H17BrN2O2/c1-12-5-4-6-13(9-12)10-16(21)19-11-17(22)20-15-8-3-2-7-14(15)18/h2-9H,10-11H2,1H3,(H,19,21)(H,20,22). The molecule has 5 heteroatoms. The molecular weight excluding hydrogens is 344 g/mol. The molecule has 0 spiro atoms. The molecule has 22 heavy (non-hydrogen) atoms. The Bertz CT molecular complexity index is 686. The summed E-state index contributed by atoms with van der Waals surface area (Å²) in [7, 11) is 0. The Morgan fingerprint density at radius 3 is 2.55 bits per heavy atom. The summed E-state index contributed by atoms with van der Waals surface area (Å²) < 4.78 is 0.800. The molecule has 4 nitrogen and oxygen atoms in total. The van der Waals surface area contributed by atoms with Crippen LogP contribution in [0.3, 0.4) is 0 Å². The van der Waals surface area contributed by atoms with Gasteiger partial charge >= 0.3 is 0 Å². The third kappa shape index (κ3) is 5.00. The highest BCUT2D eigenvalue weighted by molar-refractivity contribution is 9.10. The van der Waals surface area contributed by atoms with Gasteiger partial charge in [-0.2, -0.15) is 0 Å². The summed E-state index contributed by atoms with van der Waals surface area (Å²) in [6.07, 6.45) is 0.268. The lowest BCUT2D eigenvalue weighted by Gasteiger charge is -2.08. The lowest BCUT2D eigenvalue weighted by atomic mass is 10.1. The number of hydrogen-bond acceptors (Lipinski definition) is 2. The van der Waals surface area contributed by atoms with E-state index in [2.05, 4.69) is 26.6 Å². The zero-order chi connectivity index (χ0) is 15.9. The molecule has 0 heterocycles. The number of aryl methyl sites for hydroxylation is 1. The zero-order valence-corrected chi connectivity index (χ0v) is 13.8. The van der Waals surface area contributed by atoms with E-state index in [0.717, 1.165) is 15.6 Å². The van der Waals surface area contributed by atoms with Crippen LogP contribution in [0.5, 0.6) is 0 Å². The number of carbonyl (C=O) groups is 2. The van der Waals surface area contributed by atoms with Gasteiger partial charge in [-0.25, -0.2) is 0 Å². The zero-order valence-electron chi connectivity index (χ0n) is 12.2. The van der Waals surface area contributed by atoms with Crippen LogP contribution < -0.4 is 10.6 Å². The maximum absolute atomic E-state index is 11.8. The first-order valence-corrected chi connectivity index (χ1v) is 7.70. The molecule has 0 saturated carbocycles. The maximum Gasteiger partial charge on any atom is 0.243 e. The van der Waals surface area contributed by atoms with Crippen molar-refractivity contribution in [2.75, 3.05) is 11.9 Å². The second-order valence-corrected chi connectivity index (χ2v) is 5.82. The minimum atomic E-state index is -0.260. The molecule has 0 aliphatic heterocycles. The van der Waals surface area contributed by atoms with E-state index in [4.69, 9.17) is 0 Å². The number of anilines is 1. The van der Waals surface area contributed by atoms with Crippen molar-refractivity contribution >= 4 is 33.4 Å². The Morgan fingerprint density at radius 1 is 1.05 bits per heavy atom. The van der Waals surface area contributed by atoms with Crippen LogP contribution in [0.25, 0.3) is 0 Å². The van der Waals surface area contributed by atoms with Crippen LogP contribution in [0.2, 0.25) is 0 Å². The van der Waals surface area contributed by atoms with Gasteiger partial charge in [0.2, 0.25) is 11.8 Å². The molecule has 0 aliphatic carbocycles. The number of rotatable bonds is 5. The van der Waals surface area contributed by atoms with Gasteiger partial charge in [0.15, 0.2) is 0 Å². The van der Waals surface area contributed by atoms with Crippen molar-refractivity contribution in [3.8, 4) is 0 Å². The Morgan fingerprint density at radius 2 is 1.82 bits per heavy atom. The van der Waals surface area contributed by atoms with Crippen molar-refractivity contribution in [3.05, 3.63) is 64.1 Å². The van der Waals surface area contributed by atoms with E-state index in [0.29, 0.717) is 5.69 Å². The number of carbonyl (C=O) groups excluding carboxylic acids is 2. The molecular formula is C17H17BrN2O2. The lowest BCUT2D eigenvalue weighted by Crippen LogP contribution is -2.33. The first kappa shape index (κ1) is 16.2. The highest BCUT2D eigenvalue weighted by Crippen LogP contribution is 2.20. The largest absolute Gasteiger partial charge is 0.347 e. The van der Waals surface area contributed by atoms with Crippen LogP contribution in [0, 0.1) is 6.92 Å². The molecule has 0 radical (unpaired) electrons. The molecule has 2 aromatic carbocycles. The second kappa shape index (κ2) is 7.75. The van der Waals surface area contributed by atoms with Gasteiger partial charge in [0.05, 0.1) is 18.7 Å². The van der Waals surface area contributed by atoms with Crippen molar-refractivity contribution in [1.29, 1.82) is 0 Å². The molecule has 0 atom stereocenters. The number of benzene rings is 2. The third-order valence-electron chi connectivity index (χ3n) is 3.04. The Hall–Kier alpha value is -2.14. The molecule has 0 aromatic heterocycles. The van der Waals surface area contributed by atoms with Crippen molar-refractivity contribution < 1.29 is 9.59 Å². The predicted octanol–water partition coefficient (Wildman–Crippen LogP) is 3.05. The van der Waals surface area contributed by atoms with Gasteiger partial charge in [0.1, 0.15) is 0 Å². The third-order valence-corrected chi connectivity index (χ3v) is 3.73. The highest BCUT2D eigenvalue weighted by Gasteiger charge is 2.08. The molecule has 2 amide bonds. The van der Waals surface area contributed by atoms with E-state index in [1.807, 2.05) is 49.4 Å². The van der Waals surface area contributed by atoms with Crippen molar-refractivity contribution in [2.45, 2.75) is 13.3 Å². The molecule has 0 bridgehead atoms. The summed E-state index contributed by atoms with van der Waals surface area (Å²) in [5, 5.41) is 5.36. The van der Waals surface area contributed by atoms with E-state index in [1.54, 1.807) is 6.07 Å². The van der Waals surface area contributed by atoms with Gasteiger partial charge in [-0.3, -0.25) is 9.59 Å². The average molecular weight is 361 g/mol. The van der Waals surface area contributed by atoms with Gasteiger partial charge in [-0.15, -0.1) is 0 Å².